The molecule has 1 aromatic carbocycles. The van der Waals surface area contributed by atoms with E-state index in [1.807, 2.05) is 35.9 Å². The number of benzene rings is 1. The molecule has 3 nitrogen and oxygen atoms in total. The van der Waals surface area contributed by atoms with Crippen LogP contribution in [0.2, 0.25) is 5.02 Å². The molecule has 0 bridgehead atoms. The molecule has 2 aromatic rings. The molecule has 0 N–H and O–H groups in total. The summed E-state index contributed by atoms with van der Waals surface area (Å²) in [6, 6.07) is 7.45. The first-order valence-corrected chi connectivity index (χ1v) is 6.61. The van der Waals surface area contributed by atoms with Crippen molar-refractivity contribution in [1.82, 2.24) is 9.13 Å². The van der Waals surface area contributed by atoms with Gasteiger partial charge in [-0.2, -0.15) is 0 Å². The molecule has 94 valence electrons. The summed E-state index contributed by atoms with van der Waals surface area (Å²) >= 11 is 5.89. The highest BCUT2D eigenvalue weighted by atomic mass is 35.5. The molecule has 0 unspecified atom stereocenters. The summed E-state index contributed by atoms with van der Waals surface area (Å²) in [5, 5.41) is 0.691. The molecule has 0 saturated carbocycles. The molecule has 0 fully saturated rings. The van der Waals surface area contributed by atoms with Crippen molar-refractivity contribution in [2.45, 2.75) is 25.7 Å². The van der Waals surface area contributed by atoms with Crippen molar-refractivity contribution in [2.75, 3.05) is 0 Å². The molecule has 1 aromatic heterocycles. The van der Waals surface area contributed by atoms with Crippen molar-refractivity contribution in [3.63, 3.8) is 0 Å². The molecule has 4 heteroatoms. The van der Waals surface area contributed by atoms with Crippen molar-refractivity contribution in [1.29, 1.82) is 0 Å². The second-order valence-electron chi connectivity index (χ2n) is 4.75. The van der Waals surface area contributed by atoms with E-state index in [1.165, 1.54) is 12.1 Å². The number of halogens is 1. The number of nitrogens with zero attached hydrogens (tertiary/aromatic N) is 2. The van der Waals surface area contributed by atoms with Gasteiger partial charge in [-0.15, -0.1) is 0 Å². The molecule has 0 aliphatic heterocycles. The lowest BCUT2D eigenvalue weighted by atomic mass is 10.0. The van der Waals surface area contributed by atoms with E-state index in [9.17, 15) is 4.79 Å². The quantitative estimate of drug-likeness (QED) is 0.776. The third kappa shape index (κ3) is 1.70. The fraction of sp³-hybridized carbons (Fsp3) is 0.357. The largest absolute Gasteiger partial charge is 0.332 e. The summed E-state index contributed by atoms with van der Waals surface area (Å²) in [5.41, 5.74) is 3.30. The Kier molecular flexibility index (Phi) is 2.78. The number of aromatic nitrogens is 2. The lowest BCUT2D eigenvalue weighted by Gasteiger charge is -2.14. The molecule has 18 heavy (non-hydrogen) atoms. The van der Waals surface area contributed by atoms with Gasteiger partial charge in [0.2, 0.25) is 0 Å². The highest BCUT2D eigenvalue weighted by Gasteiger charge is 2.21. The molecule has 0 spiro atoms. The number of rotatable bonds is 1. The third-order valence-electron chi connectivity index (χ3n) is 3.65. The minimum atomic E-state index is 0.0456. The Labute approximate surface area is 111 Å². The fourth-order valence-corrected chi connectivity index (χ4v) is 2.84. The van der Waals surface area contributed by atoms with Crippen molar-refractivity contribution >= 4 is 11.6 Å². The van der Waals surface area contributed by atoms with Crippen molar-refractivity contribution in [3.05, 3.63) is 51.2 Å². The van der Waals surface area contributed by atoms with Crippen LogP contribution in [0.25, 0.3) is 5.69 Å². The van der Waals surface area contributed by atoms with Crippen LogP contribution in [0.4, 0.5) is 0 Å². The minimum absolute atomic E-state index is 0.0456. The molecule has 0 atom stereocenters. The average Bonchev–Trinajstić information content (AvgIpc) is 2.64. The summed E-state index contributed by atoms with van der Waals surface area (Å²) in [4.78, 5) is 12.3. The Bertz CT molecular complexity index is 637. The van der Waals surface area contributed by atoms with Gasteiger partial charge in [0.15, 0.2) is 0 Å². The van der Waals surface area contributed by atoms with Crippen LogP contribution in [0.5, 0.6) is 0 Å². The van der Waals surface area contributed by atoms with E-state index in [4.69, 9.17) is 11.6 Å². The van der Waals surface area contributed by atoms with Gasteiger partial charge in [0.1, 0.15) is 0 Å². The normalized spacial score (nSPS) is 14.6. The van der Waals surface area contributed by atoms with Crippen LogP contribution in [0.3, 0.4) is 0 Å². The monoisotopic (exact) mass is 262 g/mol. The maximum absolute atomic E-state index is 12.3. The van der Waals surface area contributed by atoms with E-state index in [2.05, 4.69) is 0 Å². The number of imidazole rings is 1. The lowest BCUT2D eigenvalue weighted by Crippen LogP contribution is -2.22. The second kappa shape index (κ2) is 4.32. The number of hydrogen-bond acceptors (Lipinski definition) is 1. The second-order valence-corrected chi connectivity index (χ2v) is 5.19. The van der Waals surface area contributed by atoms with E-state index >= 15 is 0 Å². The zero-order chi connectivity index (χ0) is 12.7. The first-order valence-electron chi connectivity index (χ1n) is 6.24. The van der Waals surface area contributed by atoms with E-state index in [-0.39, 0.29) is 5.69 Å². The molecule has 0 radical (unpaired) electrons. The zero-order valence-electron chi connectivity index (χ0n) is 10.3. The maximum atomic E-state index is 12.3. The standard InChI is InChI=1S/C14H15ClN2O/c1-16-12-4-2-3-5-13(12)17(14(16)18)11-8-6-10(15)7-9-11/h6-9H,2-5H2,1H3. The Morgan fingerprint density at radius 2 is 1.67 bits per heavy atom. The van der Waals surface area contributed by atoms with Crippen LogP contribution in [0.15, 0.2) is 29.1 Å². The molecule has 0 saturated heterocycles. The van der Waals surface area contributed by atoms with E-state index < -0.39 is 0 Å². The Balaban J connectivity index is 2.23. The smallest absolute Gasteiger partial charge is 0.299 e. The maximum Gasteiger partial charge on any atom is 0.332 e. The van der Waals surface area contributed by atoms with Gasteiger partial charge in [-0.1, -0.05) is 11.6 Å². The number of hydrogen-bond donors (Lipinski definition) is 0. The molecular formula is C14H15ClN2O. The predicted octanol–water partition coefficient (Wildman–Crippen LogP) is 2.71. The van der Waals surface area contributed by atoms with Crippen molar-refractivity contribution < 1.29 is 0 Å². The molecule has 3 rings (SSSR count). The predicted molar refractivity (Wildman–Crippen MR) is 72.7 cm³/mol. The van der Waals surface area contributed by atoms with Gasteiger partial charge >= 0.3 is 5.69 Å². The van der Waals surface area contributed by atoms with Gasteiger partial charge in [-0.25, -0.2) is 4.79 Å². The van der Waals surface area contributed by atoms with E-state index in [0.717, 1.165) is 30.6 Å². The summed E-state index contributed by atoms with van der Waals surface area (Å²) in [7, 11) is 1.86. The fourth-order valence-electron chi connectivity index (χ4n) is 2.71. The summed E-state index contributed by atoms with van der Waals surface area (Å²) < 4.78 is 3.61. The zero-order valence-corrected chi connectivity index (χ0v) is 11.1. The SMILES string of the molecule is Cn1c2c(n(-c3ccc(Cl)cc3)c1=O)CCCC2. The minimum Gasteiger partial charge on any atom is -0.299 e. The van der Waals surface area contributed by atoms with E-state index in [1.54, 1.807) is 4.57 Å². The van der Waals surface area contributed by atoms with Crippen LogP contribution < -0.4 is 5.69 Å². The van der Waals surface area contributed by atoms with Gasteiger partial charge in [-0.05, 0) is 49.9 Å². The lowest BCUT2D eigenvalue weighted by molar-refractivity contribution is 0.637. The van der Waals surface area contributed by atoms with Crippen LogP contribution in [-0.4, -0.2) is 9.13 Å². The van der Waals surface area contributed by atoms with Crippen LogP contribution in [0.1, 0.15) is 24.2 Å². The van der Waals surface area contributed by atoms with Gasteiger partial charge in [0, 0.05) is 23.5 Å². The highest BCUT2D eigenvalue weighted by Crippen LogP contribution is 2.23. The molecule has 1 aliphatic carbocycles. The number of fused-ring (bicyclic) bond motifs is 1. The summed E-state index contributed by atoms with van der Waals surface area (Å²) in [6.07, 6.45) is 4.31. The molecule has 0 amide bonds. The highest BCUT2D eigenvalue weighted by molar-refractivity contribution is 6.30. The molecule has 1 aliphatic rings. The van der Waals surface area contributed by atoms with Crippen LogP contribution >= 0.6 is 11.6 Å². The van der Waals surface area contributed by atoms with Crippen LogP contribution in [0, 0.1) is 0 Å². The Morgan fingerprint density at radius 1 is 1.06 bits per heavy atom. The van der Waals surface area contributed by atoms with Gasteiger partial charge < -0.3 is 0 Å². The van der Waals surface area contributed by atoms with Gasteiger partial charge in [0.25, 0.3) is 0 Å². The van der Waals surface area contributed by atoms with Crippen molar-refractivity contribution in [3.8, 4) is 5.69 Å². The van der Waals surface area contributed by atoms with E-state index in [0.29, 0.717) is 5.02 Å². The van der Waals surface area contributed by atoms with Gasteiger partial charge in [-0.3, -0.25) is 9.13 Å². The summed E-state index contributed by atoms with van der Waals surface area (Å²) in [5.74, 6) is 0. The first-order chi connectivity index (χ1) is 8.68. The van der Waals surface area contributed by atoms with Gasteiger partial charge in [0.05, 0.1) is 5.69 Å². The molecule has 1 heterocycles. The third-order valence-corrected chi connectivity index (χ3v) is 3.90. The molecular weight excluding hydrogens is 248 g/mol. The van der Waals surface area contributed by atoms with Crippen LogP contribution in [-0.2, 0) is 19.9 Å². The summed E-state index contributed by atoms with van der Waals surface area (Å²) in [6.45, 7) is 0. The topological polar surface area (TPSA) is 26.9 Å². The Morgan fingerprint density at radius 3 is 2.33 bits per heavy atom. The Hall–Kier alpha value is -1.48. The first kappa shape index (κ1) is 11.6. The average molecular weight is 263 g/mol. The van der Waals surface area contributed by atoms with Crippen molar-refractivity contribution in [2.24, 2.45) is 7.05 Å².